The molecule has 1 fully saturated rings. The maximum absolute atomic E-state index is 13.7. The van der Waals surface area contributed by atoms with Crippen LogP contribution in [0.5, 0.6) is 0 Å². The molecule has 1 heterocycles. The smallest absolute Gasteiger partial charge is 0.257 e. The highest BCUT2D eigenvalue weighted by atomic mass is 35.5. The summed E-state index contributed by atoms with van der Waals surface area (Å²) in [4.78, 5) is 13.8. The number of hydrogen-bond acceptors (Lipinski definition) is 2. The largest absolute Gasteiger partial charge is 0.333 e. The Balaban J connectivity index is 2.31. The number of amides is 1. The second-order valence-corrected chi connectivity index (χ2v) is 5.27. The maximum atomic E-state index is 13.7. The minimum absolute atomic E-state index is 0.0677. The third-order valence-electron chi connectivity index (χ3n) is 3.27. The molecule has 104 valence electrons. The zero-order valence-electron chi connectivity index (χ0n) is 10.7. The van der Waals surface area contributed by atoms with Crippen LogP contribution in [-0.2, 0) is 0 Å². The van der Waals surface area contributed by atoms with Crippen LogP contribution in [0.15, 0.2) is 12.1 Å². The zero-order valence-corrected chi connectivity index (χ0v) is 11.5. The highest BCUT2D eigenvalue weighted by Gasteiger charge is 2.29. The van der Waals surface area contributed by atoms with Crippen LogP contribution in [0.4, 0.5) is 8.78 Å². The average Bonchev–Trinajstić information content (AvgIpc) is 2.36. The molecule has 0 saturated carbocycles. The van der Waals surface area contributed by atoms with Crippen molar-refractivity contribution in [2.24, 2.45) is 0 Å². The first-order valence-electron chi connectivity index (χ1n) is 6.09. The van der Waals surface area contributed by atoms with Crippen molar-refractivity contribution < 1.29 is 13.6 Å². The Morgan fingerprint density at radius 1 is 1.37 bits per heavy atom. The summed E-state index contributed by atoms with van der Waals surface area (Å²) in [5, 5.41) is 2.90. The third kappa shape index (κ3) is 2.87. The molecule has 1 amide bonds. The van der Waals surface area contributed by atoms with Gasteiger partial charge in [0.1, 0.15) is 11.6 Å². The van der Waals surface area contributed by atoms with Gasteiger partial charge in [-0.1, -0.05) is 11.6 Å². The monoisotopic (exact) mass is 288 g/mol. The van der Waals surface area contributed by atoms with Gasteiger partial charge in [0.05, 0.1) is 10.6 Å². The van der Waals surface area contributed by atoms with Crippen molar-refractivity contribution in [3.63, 3.8) is 0 Å². The van der Waals surface area contributed by atoms with Crippen molar-refractivity contribution in [2.75, 3.05) is 13.1 Å². The number of carbonyl (C=O) groups excluding carboxylic acids is 1. The lowest BCUT2D eigenvalue weighted by atomic mass is 10.1. The molecule has 1 N–H and O–H groups in total. The van der Waals surface area contributed by atoms with Crippen molar-refractivity contribution >= 4 is 17.5 Å². The van der Waals surface area contributed by atoms with Crippen LogP contribution < -0.4 is 5.32 Å². The van der Waals surface area contributed by atoms with Gasteiger partial charge in [-0.2, -0.15) is 0 Å². The highest BCUT2D eigenvalue weighted by molar-refractivity contribution is 6.30. The number of carbonyl (C=O) groups is 1. The minimum Gasteiger partial charge on any atom is -0.333 e. The molecule has 2 unspecified atom stereocenters. The molecule has 1 aliphatic rings. The summed E-state index contributed by atoms with van der Waals surface area (Å²) < 4.78 is 27.1. The van der Waals surface area contributed by atoms with E-state index in [0.29, 0.717) is 13.1 Å². The van der Waals surface area contributed by atoms with Crippen molar-refractivity contribution in [1.29, 1.82) is 0 Å². The minimum atomic E-state index is -0.796. The van der Waals surface area contributed by atoms with Crippen LogP contribution in [0.25, 0.3) is 0 Å². The summed E-state index contributed by atoms with van der Waals surface area (Å²) in [5.74, 6) is -2.09. The van der Waals surface area contributed by atoms with Gasteiger partial charge in [-0.05, 0) is 26.0 Å². The Morgan fingerprint density at radius 3 is 2.74 bits per heavy atom. The zero-order chi connectivity index (χ0) is 14.2. The van der Waals surface area contributed by atoms with Crippen LogP contribution in [0.3, 0.4) is 0 Å². The van der Waals surface area contributed by atoms with Gasteiger partial charge in [-0.3, -0.25) is 4.79 Å². The average molecular weight is 289 g/mol. The van der Waals surface area contributed by atoms with E-state index in [9.17, 15) is 13.6 Å². The molecule has 1 saturated heterocycles. The summed E-state index contributed by atoms with van der Waals surface area (Å²) in [6.45, 7) is 4.89. The Bertz CT molecular complexity index is 510. The van der Waals surface area contributed by atoms with Crippen molar-refractivity contribution in [1.82, 2.24) is 10.2 Å². The Morgan fingerprint density at radius 2 is 2.05 bits per heavy atom. The second-order valence-electron chi connectivity index (χ2n) is 4.86. The van der Waals surface area contributed by atoms with E-state index in [-0.39, 0.29) is 22.7 Å². The number of nitrogens with zero attached hydrogens (tertiary/aromatic N) is 1. The molecule has 19 heavy (non-hydrogen) atoms. The summed E-state index contributed by atoms with van der Waals surface area (Å²) in [5.41, 5.74) is -0.275. The molecule has 2 atom stereocenters. The SMILES string of the molecule is CC1CN(C(=O)c2cc(F)c(Cl)cc2F)C(C)CN1. The van der Waals surface area contributed by atoms with Crippen LogP contribution >= 0.6 is 11.6 Å². The Labute approximate surface area is 115 Å². The third-order valence-corrected chi connectivity index (χ3v) is 3.56. The fourth-order valence-corrected chi connectivity index (χ4v) is 2.30. The fraction of sp³-hybridized carbons (Fsp3) is 0.462. The van der Waals surface area contributed by atoms with Crippen LogP contribution in [0, 0.1) is 11.6 Å². The van der Waals surface area contributed by atoms with Gasteiger partial charge in [0.2, 0.25) is 0 Å². The lowest BCUT2D eigenvalue weighted by molar-refractivity contribution is 0.0611. The van der Waals surface area contributed by atoms with Gasteiger partial charge in [-0.15, -0.1) is 0 Å². The van der Waals surface area contributed by atoms with Crippen LogP contribution in [0.1, 0.15) is 24.2 Å². The summed E-state index contributed by atoms with van der Waals surface area (Å²) >= 11 is 5.48. The van der Waals surface area contributed by atoms with Crippen molar-refractivity contribution in [3.8, 4) is 0 Å². The van der Waals surface area contributed by atoms with Gasteiger partial charge in [-0.25, -0.2) is 8.78 Å². The summed E-state index contributed by atoms with van der Waals surface area (Å²) in [6, 6.07) is 1.75. The van der Waals surface area contributed by atoms with Gasteiger partial charge in [0.25, 0.3) is 5.91 Å². The molecule has 2 rings (SSSR count). The lowest BCUT2D eigenvalue weighted by Gasteiger charge is -2.37. The highest BCUT2D eigenvalue weighted by Crippen LogP contribution is 2.22. The van der Waals surface area contributed by atoms with E-state index in [4.69, 9.17) is 11.6 Å². The predicted octanol–water partition coefficient (Wildman–Crippen LogP) is 2.44. The maximum Gasteiger partial charge on any atom is 0.257 e. The molecule has 0 aromatic heterocycles. The van der Waals surface area contributed by atoms with Crippen LogP contribution in [0.2, 0.25) is 5.02 Å². The van der Waals surface area contributed by atoms with E-state index in [0.717, 1.165) is 12.1 Å². The van der Waals surface area contributed by atoms with E-state index in [2.05, 4.69) is 5.32 Å². The number of benzene rings is 1. The van der Waals surface area contributed by atoms with Gasteiger partial charge in [0, 0.05) is 25.2 Å². The van der Waals surface area contributed by atoms with E-state index < -0.39 is 17.5 Å². The van der Waals surface area contributed by atoms with E-state index >= 15 is 0 Å². The molecule has 1 aromatic rings. The molecular formula is C13H15ClF2N2O. The normalized spacial score (nSPS) is 23.5. The molecular weight excluding hydrogens is 274 g/mol. The Hall–Kier alpha value is -1.20. The van der Waals surface area contributed by atoms with Gasteiger partial charge >= 0.3 is 0 Å². The first-order chi connectivity index (χ1) is 8.90. The first kappa shape index (κ1) is 14.2. The number of hydrogen-bond donors (Lipinski definition) is 1. The summed E-state index contributed by atoms with van der Waals surface area (Å²) in [7, 11) is 0. The number of nitrogens with one attached hydrogen (secondary N) is 1. The first-order valence-corrected chi connectivity index (χ1v) is 6.47. The fourth-order valence-electron chi connectivity index (χ4n) is 2.15. The van der Waals surface area contributed by atoms with Crippen molar-refractivity contribution in [3.05, 3.63) is 34.4 Å². The molecule has 6 heteroatoms. The van der Waals surface area contributed by atoms with Gasteiger partial charge in [0.15, 0.2) is 0 Å². The number of piperazine rings is 1. The standard InChI is InChI=1S/C13H15ClF2N2O/c1-7-6-18(8(2)5-17-7)13(19)9-3-12(16)10(14)4-11(9)15/h3-4,7-8,17H,5-6H2,1-2H3. The Kier molecular flexibility index (Phi) is 4.06. The molecule has 0 radical (unpaired) electrons. The molecule has 3 nitrogen and oxygen atoms in total. The van der Waals surface area contributed by atoms with E-state index in [1.165, 1.54) is 0 Å². The predicted molar refractivity (Wildman–Crippen MR) is 69.3 cm³/mol. The van der Waals surface area contributed by atoms with Crippen LogP contribution in [-0.4, -0.2) is 36.0 Å². The van der Waals surface area contributed by atoms with Gasteiger partial charge < -0.3 is 10.2 Å². The lowest BCUT2D eigenvalue weighted by Crippen LogP contribution is -2.56. The molecule has 1 aromatic carbocycles. The quantitative estimate of drug-likeness (QED) is 0.805. The topological polar surface area (TPSA) is 32.3 Å². The van der Waals surface area contributed by atoms with Crippen molar-refractivity contribution in [2.45, 2.75) is 25.9 Å². The molecule has 1 aliphatic heterocycles. The van der Waals surface area contributed by atoms with E-state index in [1.807, 2.05) is 13.8 Å². The number of rotatable bonds is 1. The molecule has 0 spiro atoms. The molecule has 0 bridgehead atoms. The molecule has 0 aliphatic carbocycles. The second kappa shape index (κ2) is 5.43. The number of halogens is 3. The summed E-state index contributed by atoms with van der Waals surface area (Å²) in [6.07, 6.45) is 0. The van der Waals surface area contributed by atoms with E-state index in [1.54, 1.807) is 4.90 Å².